The highest BCUT2D eigenvalue weighted by Crippen LogP contribution is 2.38. The monoisotopic (exact) mass is 346 g/mol. The first-order valence-corrected chi connectivity index (χ1v) is 7.14. The third-order valence-electron chi connectivity index (χ3n) is 3.23. The summed E-state index contributed by atoms with van der Waals surface area (Å²) in [7, 11) is 0. The smallest absolute Gasteiger partial charge is 0.230 e. The van der Waals surface area contributed by atoms with Gasteiger partial charge >= 0.3 is 0 Å². The molecule has 5 heteroatoms. The lowest BCUT2D eigenvalue weighted by Crippen LogP contribution is -1.91. The Hall–Kier alpha value is -2.14. The summed E-state index contributed by atoms with van der Waals surface area (Å²) in [5.41, 5.74) is 9.17. The van der Waals surface area contributed by atoms with Gasteiger partial charge in [0.2, 0.25) is 5.88 Å². The molecule has 1 aromatic heterocycles. The standard InChI is InChI=1S/C16H12BrFN2O/c1-9-4-2-5-10(8-9)13-15(20-21-16(13)19)11-6-3-7-12(17)14(11)18/h2-8H,19H2,1H3. The SMILES string of the molecule is Cc1cccc(-c2c(-c3cccc(Br)c3F)noc2N)c1. The summed E-state index contributed by atoms with van der Waals surface area (Å²) < 4.78 is 19.8. The predicted octanol–water partition coefficient (Wildman–Crippen LogP) is 4.80. The lowest BCUT2D eigenvalue weighted by Gasteiger charge is -2.06. The average Bonchev–Trinajstić information content (AvgIpc) is 2.83. The molecular weight excluding hydrogens is 335 g/mol. The van der Waals surface area contributed by atoms with E-state index in [9.17, 15) is 4.39 Å². The van der Waals surface area contributed by atoms with E-state index in [-0.39, 0.29) is 11.7 Å². The van der Waals surface area contributed by atoms with Gasteiger partial charge in [0, 0.05) is 5.56 Å². The number of aryl methyl sites for hydroxylation is 1. The molecule has 0 unspecified atom stereocenters. The van der Waals surface area contributed by atoms with E-state index in [1.165, 1.54) is 0 Å². The average molecular weight is 347 g/mol. The van der Waals surface area contributed by atoms with Crippen molar-refractivity contribution in [2.45, 2.75) is 6.92 Å². The van der Waals surface area contributed by atoms with Gasteiger partial charge in [0.1, 0.15) is 11.5 Å². The van der Waals surface area contributed by atoms with Crippen LogP contribution in [0.2, 0.25) is 0 Å². The summed E-state index contributed by atoms with van der Waals surface area (Å²) in [4.78, 5) is 0. The minimum atomic E-state index is -0.389. The van der Waals surface area contributed by atoms with E-state index >= 15 is 0 Å². The summed E-state index contributed by atoms with van der Waals surface area (Å²) in [6.45, 7) is 1.98. The Kier molecular flexibility index (Phi) is 3.51. The molecule has 2 aromatic carbocycles. The molecule has 21 heavy (non-hydrogen) atoms. The van der Waals surface area contributed by atoms with Crippen molar-refractivity contribution in [1.82, 2.24) is 5.16 Å². The van der Waals surface area contributed by atoms with Gasteiger partial charge in [0.25, 0.3) is 0 Å². The Morgan fingerprint density at radius 1 is 1.19 bits per heavy atom. The molecule has 0 aliphatic heterocycles. The van der Waals surface area contributed by atoms with Crippen molar-refractivity contribution in [3.63, 3.8) is 0 Å². The number of nitrogens with two attached hydrogens (primary N) is 1. The molecule has 0 spiro atoms. The van der Waals surface area contributed by atoms with Crippen LogP contribution in [0.4, 0.5) is 10.3 Å². The highest BCUT2D eigenvalue weighted by molar-refractivity contribution is 9.10. The number of aromatic nitrogens is 1. The fourth-order valence-electron chi connectivity index (χ4n) is 2.25. The van der Waals surface area contributed by atoms with E-state index in [1.807, 2.05) is 31.2 Å². The van der Waals surface area contributed by atoms with Crippen LogP contribution in [0.15, 0.2) is 51.5 Å². The van der Waals surface area contributed by atoms with Crippen LogP contribution in [-0.4, -0.2) is 5.16 Å². The van der Waals surface area contributed by atoms with E-state index in [4.69, 9.17) is 10.3 Å². The van der Waals surface area contributed by atoms with Crippen LogP contribution in [0.5, 0.6) is 0 Å². The maximum absolute atomic E-state index is 14.3. The van der Waals surface area contributed by atoms with Crippen LogP contribution in [0, 0.1) is 12.7 Å². The van der Waals surface area contributed by atoms with Gasteiger partial charge in [-0.05, 0) is 40.5 Å². The van der Waals surface area contributed by atoms with Crippen LogP contribution in [0.3, 0.4) is 0 Å². The Bertz CT molecular complexity index is 814. The molecule has 0 aliphatic rings. The molecule has 0 atom stereocenters. The molecule has 0 saturated carbocycles. The molecule has 0 radical (unpaired) electrons. The quantitative estimate of drug-likeness (QED) is 0.724. The second kappa shape index (κ2) is 5.33. The maximum atomic E-state index is 14.3. The van der Waals surface area contributed by atoms with Crippen molar-refractivity contribution in [2.24, 2.45) is 0 Å². The number of halogens is 2. The Morgan fingerprint density at radius 2 is 1.95 bits per heavy atom. The fourth-order valence-corrected chi connectivity index (χ4v) is 2.62. The molecule has 0 bridgehead atoms. The van der Waals surface area contributed by atoms with Gasteiger partial charge in [0.15, 0.2) is 0 Å². The number of benzene rings is 2. The Morgan fingerprint density at radius 3 is 2.71 bits per heavy atom. The third-order valence-corrected chi connectivity index (χ3v) is 3.84. The molecule has 106 valence electrons. The third kappa shape index (κ3) is 2.45. The van der Waals surface area contributed by atoms with Crippen molar-refractivity contribution in [3.8, 4) is 22.4 Å². The minimum Gasteiger partial charge on any atom is -0.367 e. The zero-order valence-electron chi connectivity index (χ0n) is 11.2. The topological polar surface area (TPSA) is 52.0 Å². The zero-order chi connectivity index (χ0) is 15.0. The molecule has 0 saturated heterocycles. The fraction of sp³-hybridized carbons (Fsp3) is 0.0625. The number of hydrogen-bond acceptors (Lipinski definition) is 3. The first-order valence-electron chi connectivity index (χ1n) is 6.34. The molecule has 0 amide bonds. The number of anilines is 1. The predicted molar refractivity (Wildman–Crippen MR) is 84.2 cm³/mol. The molecule has 3 rings (SSSR count). The van der Waals surface area contributed by atoms with Crippen LogP contribution in [-0.2, 0) is 0 Å². The van der Waals surface area contributed by atoms with Crippen LogP contribution in [0.25, 0.3) is 22.4 Å². The molecule has 2 N–H and O–H groups in total. The van der Waals surface area contributed by atoms with E-state index in [0.29, 0.717) is 21.3 Å². The zero-order valence-corrected chi connectivity index (χ0v) is 12.8. The van der Waals surface area contributed by atoms with Gasteiger partial charge < -0.3 is 10.3 Å². The van der Waals surface area contributed by atoms with Gasteiger partial charge in [-0.1, -0.05) is 41.1 Å². The van der Waals surface area contributed by atoms with Crippen LogP contribution < -0.4 is 5.73 Å². The molecule has 1 heterocycles. The van der Waals surface area contributed by atoms with Gasteiger partial charge in [0.05, 0.1) is 10.0 Å². The first kappa shape index (κ1) is 13.8. The van der Waals surface area contributed by atoms with Crippen LogP contribution in [0.1, 0.15) is 5.56 Å². The van der Waals surface area contributed by atoms with Gasteiger partial charge in [-0.2, -0.15) is 0 Å². The molecule has 0 aliphatic carbocycles. The molecule has 3 aromatic rings. The van der Waals surface area contributed by atoms with E-state index < -0.39 is 0 Å². The maximum Gasteiger partial charge on any atom is 0.230 e. The van der Waals surface area contributed by atoms with E-state index in [2.05, 4.69) is 21.1 Å². The highest BCUT2D eigenvalue weighted by atomic mass is 79.9. The summed E-state index contributed by atoms with van der Waals surface area (Å²) >= 11 is 3.18. The van der Waals surface area contributed by atoms with E-state index in [0.717, 1.165) is 11.1 Å². The lowest BCUT2D eigenvalue weighted by molar-refractivity contribution is 0.439. The first-order chi connectivity index (χ1) is 10.1. The van der Waals surface area contributed by atoms with Gasteiger partial charge in [-0.15, -0.1) is 0 Å². The number of rotatable bonds is 2. The summed E-state index contributed by atoms with van der Waals surface area (Å²) in [5.74, 6) is -0.213. The number of nitrogen functional groups attached to an aromatic ring is 1. The van der Waals surface area contributed by atoms with Crippen molar-refractivity contribution in [3.05, 3.63) is 58.3 Å². The van der Waals surface area contributed by atoms with Crippen molar-refractivity contribution in [1.29, 1.82) is 0 Å². The van der Waals surface area contributed by atoms with Crippen molar-refractivity contribution in [2.75, 3.05) is 5.73 Å². The van der Waals surface area contributed by atoms with Crippen molar-refractivity contribution < 1.29 is 8.91 Å². The molecule has 0 fully saturated rings. The van der Waals surface area contributed by atoms with Gasteiger partial charge in [-0.25, -0.2) is 4.39 Å². The Balaban J connectivity index is 2.24. The number of nitrogens with zero attached hydrogens (tertiary/aromatic N) is 1. The number of hydrogen-bond donors (Lipinski definition) is 1. The van der Waals surface area contributed by atoms with Gasteiger partial charge in [-0.3, -0.25) is 0 Å². The lowest BCUT2D eigenvalue weighted by atomic mass is 9.99. The Labute approximate surface area is 129 Å². The largest absolute Gasteiger partial charge is 0.367 e. The van der Waals surface area contributed by atoms with Crippen LogP contribution >= 0.6 is 15.9 Å². The highest BCUT2D eigenvalue weighted by Gasteiger charge is 2.20. The summed E-state index contributed by atoms with van der Waals surface area (Å²) in [5, 5.41) is 3.93. The minimum absolute atomic E-state index is 0.176. The summed E-state index contributed by atoms with van der Waals surface area (Å²) in [6, 6.07) is 12.8. The molecule has 3 nitrogen and oxygen atoms in total. The normalized spacial score (nSPS) is 10.8. The van der Waals surface area contributed by atoms with E-state index in [1.54, 1.807) is 18.2 Å². The summed E-state index contributed by atoms with van der Waals surface area (Å²) in [6.07, 6.45) is 0. The second-order valence-electron chi connectivity index (χ2n) is 4.74. The van der Waals surface area contributed by atoms with Crippen molar-refractivity contribution >= 4 is 21.8 Å². The second-order valence-corrected chi connectivity index (χ2v) is 5.60. The molecular formula is C16H12BrFN2O.